The van der Waals surface area contributed by atoms with Crippen LogP contribution in [0.3, 0.4) is 0 Å². The molecule has 7 nitrogen and oxygen atoms in total. The van der Waals surface area contributed by atoms with Crippen LogP contribution < -0.4 is 0 Å². The van der Waals surface area contributed by atoms with Gasteiger partial charge in [0.1, 0.15) is 6.04 Å². The fraction of sp³-hybridized carbons (Fsp3) is 0.444. The third kappa shape index (κ3) is 2.51. The maximum absolute atomic E-state index is 12.5. The molecule has 25 heavy (non-hydrogen) atoms. The van der Waals surface area contributed by atoms with Crippen molar-refractivity contribution in [3.05, 3.63) is 35.5 Å². The molecule has 0 saturated carbocycles. The van der Waals surface area contributed by atoms with Crippen molar-refractivity contribution in [2.45, 2.75) is 38.0 Å². The first-order chi connectivity index (χ1) is 12.1. The quantitative estimate of drug-likeness (QED) is 0.856. The first-order valence-corrected chi connectivity index (χ1v) is 8.43. The number of nitrogens with zero attached hydrogens (tertiary/aromatic N) is 1. The minimum absolute atomic E-state index is 0.213. The number of aromatic nitrogens is 1. The maximum Gasteiger partial charge on any atom is 0.337 e. The van der Waals surface area contributed by atoms with Crippen LogP contribution in [-0.2, 0) is 30.3 Å². The number of para-hydroxylation sites is 1. The standard InChI is InChI=1S/C18H20N2O5/c1-3-24-17(21)14-8-11-10-6-4-5-7-12(10)19-16(11)13-9-15(18(22)23-2)25-20(13)14/h4-7,13-15,19H,3,8-9H2,1-2H3/t13-,14+,15+/m1/s1. The minimum atomic E-state index is -0.718. The average molecular weight is 344 g/mol. The number of carbonyl (C=O) groups excluding carboxylic acids is 2. The van der Waals surface area contributed by atoms with E-state index in [1.807, 2.05) is 24.3 Å². The molecule has 3 heterocycles. The predicted molar refractivity (Wildman–Crippen MR) is 88.5 cm³/mol. The Kier molecular flexibility index (Phi) is 3.97. The SMILES string of the molecule is CCOC(=O)[C@@H]1Cc2c([nH]c3ccccc23)[C@H]2C[C@@H](C(=O)OC)ON21. The first-order valence-electron chi connectivity index (χ1n) is 8.43. The Hall–Kier alpha value is -2.38. The Morgan fingerprint density at radius 1 is 1.32 bits per heavy atom. The van der Waals surface area contributed by atoms with Gasteiger partial charge in [-0.2, -0.15) is 5.06 Å². The summed E-state index contributed by atoms with van der Waals surface area (Å²) in [5.41, 5.74) is 3.09. The highest BCUT2D eigenvalue weighted by Gasteiger charge is 2.49. The number of fused-ring (bicyclic) bond motifs is 5. The molecule has 1 N–H and O–H groups in total. The molecule has 2 aliphatic rings. The summed E-state index contributed by atoms with van der Waals surface area (Å²) in [6.07, 6.45) is 0.189. The number of carbonyl (C=O) groups is 2. The summed E-state index contributed by atoms with van der Waals surface area (Å²) in [6, 6.07) is 7.19. The van der Waals surface area contributed by atoms with Crippen LogP contribution in [0, 0.1) is 0 Å². The fourth-order valence-corrected chi connectivity index (χ4v) is 3.81. The number of hydroxylamine groups is 2. The van der Waals surface area contributed by atoms with Crippen LogP contribution in [0.5, 0.6) is 0 Å². The van der Waals surface area contributed by atoms with E-state index in [4.69, 9.17) is 14.3 Å². The lowest BCUT2D eigenvalue weighted by atomic mass is 9.92. The molecule has 1 aromatic heterocycles. The van der Waals surface area contributed by atoms with E-state index in [0.29, 0.717) is 19.4 Å². The molecule has 2 aromatic rings. The molecule has 3 atom stereocenters. The number of hydrogen-bond acceptors (Lipinski definition) is 6. The molecular formula is C18H20N2O5. The van der Waals surface area contributed by atoms with Crippen molar-refractivity contribution < 1.29 is 23.9 Å². The van der Waals surface area contributed by atoms with Crippen molar-refractivity contribution in [1.82, 2.24) is 10.0 Å². The van der Waals surface area contributed by atoms with Crippen molar-refractivity contribution in [2.75, 3.05) is 13.7 Å². The van der Waals surface area contributed by atoms with E-state index in [-0.39, 0.29) is 12.0 Å². The van der Waals surface area contributed by atoms with E-state index in [9.17, 15) is 9.59 Å². The number of aromatic amines is 1. The highest BCUT2D eigenvalue weighted by atomic mass is 16.7. The summed E-state index contributed by atoms with van der Waals surface area (Å²) in [6.45, 7) is 2.08. The molecule has 1 aromatic carbocycles. The van der Waals surface area contributed by atoms with E-state index >= 15 is 0 Å². The van der Waals surface area contributed by atoms with Gasteiger partial charge in [0, 0.05) is 29.4 Å². The molecule has 2 aliphatic heterocycles. The Bertz CT molecular complexity index is 830. The van der Waals surface area contributed by atoms with Crippen LogP contribution in [-0.4, -0.2) is 47.8 Å². The molecule has 0 aliphatic carbocycles. The number of rotatable bonds is 3. The van der Waals surface area contributed by atoms with Gasteiger partial charge in [-0.3, -0.25) is 9.63 Å². The zero-order valence-electron chi connectivity index (χ0n) is 14.2. The summed E-state index contributed by atoms with van der Waals surface area (Å²) >= 11 is 0. The number of H-pyrrole nitrogens is 1. The number of esters is 2. The number of benzene rings is 1. The van der Waals surface area contributed by atoms with Gasteiger partial charge in [0.2, 0.25) is 0 Å². The molecule has 7 heteroatoms. The summed E-state index contributed by atoms with van der Waals surface area (Å²) in [7, 11) is 1.33. The molecule has 1 fully saturated rings. The highest BCUT2D eigenvalue weighted by molar-refractivity contribution is 5.87. The molecule has 1 saturated heterocycles. The van der Waals surface area contributed by atoms with Crippen molar-refractivity contribution in [1.29, 1.82) is 0 Å². The Balaban J connectivity index is 1.78. The van der Waals surface area contributed by atoms with Gasteiger partial charge in [-0.05, 0) is 18.6 Å². The van der Waals surface area contributed by atoms with Crippen LogP contribution in [0.2, 0.25) is 0 Å². The maximum atomic E-state index is 12.5. The van der Waals surface area contributed by atoms with E-state index < -0.39 is 18.1 Å². The van der Waals surface area contributed by atoms with Gasteiger partial charge >= 0.3 is 11.9 Å². The normalized spacial score (nSPS) is 25.4. The smallest absolute Gasteiger partial charge is 0.337 e. The van der Waals surface area contributed by atoms with Gasteiger partial charge in [-0.15, -0.1) is 0 Å². The number of hydrogen-bond donors (Lipinski definition) is 1. The second-order valence-electron chi connectivity index (χ2n) is 6.26. The number of nitrogens with one attached hydrogen (secondary N) is 1. The summed E-state index contributed by atoms with van der Waals surface area (Å²) in [5, 5.41) is 2.70. The van der Waals surface area contributed by atoms with Crippen molar-refractivity contribution in [3.63, 3.8) is 0 Å². The minimum Gasteiger partial charge on any atom is -0.467 e. The van der Waals surface area contributed by atoms with Gasteiger partial charge in [0.25, 0.3) is 0 Å². The number of methoxy groups -OCH3 is 1. The predicted octanol–water partition coefficient (Wildman–Crippen LogP) is 1.88. The van der Waals surface area contributed by atoms with E-state index in [0.717, 1.165) is 22.2 Å². The van der Waals surface area contributed by atoms with Crippen LogP contribution in [0.15, 0.2) is 24.3 Å². The third-order valence-electron chi connectivity index (χ3n) is 4.90. The molecule has 0 spiro atoms. The summed E-state index contributed by atoms with van der Waals surface area (Å²) < 4.78 is 10.0. The van der Waals surface area contributed by atoms with Crippen LogP contribution in [0.25, 0.3) is 10.9 Å². The van der Waals surface area contributed by atoms with Crippen LogP contribution >= 0.6 is 0 Å². The van der Waals surface area contributed by atoms with Crippen LogP contribution in [0.1, 0.15) is 30.6 Å². The van der Waals surface area contributed by atoms with Gasteiger partial charge in [0.15, 0.2) is 6.10 Å². The van der Waals surface area contributed by atoms with Gasteiger partial charge in [-0.25, -0.2) is 4.79 Å². The average Bonchev–Trinajstić information content (AvgIpc) is 3.22. The highest BCUT2D eigenvalue weighted by Crippen LogP contribution is 2.44. The van der Waals surface area contributed by atoms with Crippen LogP contribution in [0.4, 0.5) is 0 Å². The molecule has 132 valence electrons. The third-order valence-corrected chi connectivity index (χ3v) is 4.90. The second kappa shape index (κ2) is 6.16. The van der Waals surface area contributed by atoms with Gasteiger partial charge in [0.05, 0.1) is 19.8 Å². The van der Waals surface area contributed by atoms with E-state index in [2.05, 4.69) is 4.98 Å². The zero-order valence-corrected chi connectivity index (χ0v) is 14.2. The first kappa shape index (κ1) is 16.1. The summed E-state index contributed by atoms with van der Waals surface area (Å²) in [5.74, 6) is -0.774. The zero-order chi connectivity index (χ0) is 17.6. The molecule has 0 unspecified atom stereocenters. The summed E-state index contributed by atoms with van der Waals surface area (Å²) in [4.78, 5) is 33.6. The molecule has 0 amide bonds. The lowest BCUT2D eigenvalue weighted by Gasteiger charge is -2.34. The topological polar surface area (TPSA) is 80.9 Å². The molecule has 0 radical (unpaired) electrons. The van der Waals surface area contributed by atoms with Crippen molar-refractivity contribution in [3.8, 4) is 0 Å². The molecule has 0 bridgehead atoms. The van der Waals surface area contributed by atoms with E-state index in [1.54, 1.807) is 12.0 Å². The second-order valence-corrected chi connectivity index (χ2v) is 6.26. The van der Waals surface area contributed by atoms with Gasteiger partial charge < -0.3 is 14.5 Å². The lowest BCUT2D eigenvalue weighted by molar-refractivity contribution is -0.214. The molecular weight excluding hydrogens is 324 g/mol. The monoisotopic (exact) mass is 344 g/mol. The molecule has 4 rings (SSSR count). The Morgan fingerprint density at radius 3 is 2.88 bits per heavy atom. The Morgan fingerprint density at radius 2 is 2.12 bits per heavy atom. The van der Waals surface area contributed by atoms with Crippen molar-refractivity contribution in [2.24, 2.45) is 0 Å². The van der Waals surface area contributed by atoms with Crippen molar-refractivity contribution >= 4 is 22.8 Å². The fourth-order valence-electron chi connectivity index (χ4n) is 3.81. The number of ether oxygens (including phenoxy) is 2. The lowest BCUT2D eigenvalue weighted by Crippen LogP contribution is -2.46. The van der Waals surface area contributed by atoms with Gasteiger partial charge in [-0.1, -0.05) is 18.2 Å². The Labute approximate surface area is 144 Å². The van der Waals surface area contributed by atoms with E-state index in [1.165, 1.54) is 7.11 Å². The largest absolute Gasteiger partial charge is 0.467 e.